The smallest absolute Gasteiger partial charge is 0.191 e. The number of halogens is 1. The van der Waals surface area contributed by atoms with Gasteiger partial charge in [0.1, 0.15) is 12.4 Å². The van der Waals surface area contributed by atoms with E-state index in [0.717, 1.165) is 37.1 Å². The van der Waals surface area contributed by atoms with Gasteiger partial charge in [-0.3, -0.25) is 0 Å². The molecule has 2 aromatic carbocycles. The Balaban J connectivity index is 0.00000320. The molecule has 3 aromatic rings. The third-order valence-corrected chi connectivity index (χ3v) is 5.03. The fraction of sp³-hybridized carbons (Fsp3) is 0.348. The molecule has 0 atom stereocenters. The van der Waals surface area contributed by atoms with E-state index in [1.807, 2.05) is 18.5 Å². The van der Waals surface area contributed by atoms with Gasteiger partial charge in [0.15, 0.2) is 11.8 Å². The van der Waals surface area contributed by atoms with Crippen molar-refractivity contribution < 1.29 is 0 Å². The average Bonchev–Trinajstić information content (AvgIpc) is 3.08. The summed E-state index contributed by atoms with van der Waals surface area (Å²) in [5.41, 5.74) is 2.66. The number of aryl methyl sites for hydroxylation is 1. The van der Waals surface area contributed by atoms with Crippen molar-refractivity contribution in [2.45, 2.75) is 32.7 Å². The maximum absolute atomic E-state index is 4.67. The third-order valence-electron chi connectivity index (χ3n) is 5.03. The lowest BCUT2D eigenvalue weighted by molar-refractivity contribution is 0.676. The van der Waals surface area contributed by atoms with Gasteiger partial charge in [-0.1, -0.05) is 60.7 Å². The fourth-order valence-electron chi connectivity index (χ4n) is 3.31. The molecule has 1 aromatic heterocycles. The second kappa shape index (κ2) is 12.3. The van der Waals surface area contributed by atoms with E-state index in [1.54, 1.807) is 0 Å². The Morgan fingerprint density at radius 2 is 1.57 bits per heavy atom. The molecule has 3 rings (SSSR count). The number of aromatic nitrogens is 3. The van der Waals surface area contributed by atoms with E-state index in [2.05, 4.69) is 93.4 Å². The number of benzene rings is 2. The molecule has 2 N–H and O–H groups in total. The molecule has 0 spiro atoms. The highest BCUT2D eigenvalue weighted by molar-refractivity contribution is 14.0. The summed E-state index contributed by atoms with van der Waals surface area (Å²) in [6.07, 6.45) is 0.974. The second-order valence-corrected chi connectivity index (χ2v) is 7.01. The van der Waals surface area contributed by atoms with Crippen LogP contribution in [0.5, 0.6) is 0 Å². The number of aliphatic imine (C=N–C) groups is 1. The second-order valence-electron chi connectivity index (χ2n) is 7.01. The Kier molecular flexibility index (Phi) is 9.79. The van der Waals surface area contributed by atoms with E-state index < -0.39 is 0 Å². The van der Waals surface area contributed by atoms with E-state index in [1.165, 1.54) is 11.1 Å². The molecule has 0 aliphatic rings. The first-order valence-corrected chi connectivity index (χ1v) is 10.2. The van der Waals surface area contributed by atoms with Gasteiger partial charge >= 0.3 is 0 Å². The molecule has 0 saturated carbocycles. The molecule has 1 heterocycles. The lowest BCUT2D eigenvalue weighted by atomic mass is 9.88. The first kappa shape index (κ1) is 23.9. The van der Waals surface area contributed by atoms with Crippen molar-refractivity contribution in [1.82, 2.24) is 25.4 Å². The SMILES string of the molecule is CCNC(=NCc1nnc(C)n1C)NCCC(c1ccccc1)c1ccccc1.I. The highest BCUT2D eigenvalue weighted by atomic mass is 127. The van der Waals surface area contributed by atoms with E-state index in [0.29, 0.717) is 12.5 Å². The van der Waals surface area contributed by atoms with Crippen molar-refractivity contribution in [2.24, 2.45) is 12.0 Å². The van der Waals surface area contributed by atoms with Crippen LogP contribution in [-0.4, -0.2) is 33.8 Å². The van der Waals surface area contributed by atoms with Crippen LogP contribution >= 0.6 is 24.0 Å². The standard InChI is InChI=1S/C23H30N6.HI/c1-4-24-23(26-17-22-28-27-18(2)29(22)3)25-16-15-21(19-11-7-5-8-12-19)20-13-9-6-10-14-20;/h5-14,21H,4,15-17H2,1-3H3,(H2,24,25,26);1H. The molecular formula is C23H31IN6. The lowest BCUT2D eigenvalue weighted by Crippen LogP contribution is -2.38. The minimum absolute atomic E-state index is 0. The van der Waals surface area contributed by atoms with Crippen LogP contribution in [0.2, 0.25) is 0 Å². The van der Waals surface area contributed by atoms with Gasteiger partial charge in [-0.15, -0.1) is 34.2 Å². The molecule has 0 amide bonds. The molecule has 0 aliphatic carbocycles. The first-order valence-electron chi connectivity index (χ1n) is 10.2. The molecule has 0 unspecified atom stereocenters. The summed E-state index contributed by atoms with van der Waals surface area (Å²) in [6, 6.07) is 21.4. The Bertz CT molecular complexity index is 868. The quantitative estimate of drug-likeness (QED) is 0.269. The van der Waals surface area contributed by atoms with Crippen LogP contribution in [0.1, 0.15) is 42.0 Å². The molecule has 0 bridgehead atoms. The summed E-state index contributed by atoms with van der Waals surface area (Å²) in [4.78, 5) is 4.67. The third kappa shape index (κ3) is 6.55. The molecule has 0 saturated heterocycles. The topological polar surface area (TPSA) is 67.1 Å². The van der Waals surface area contributed by atoms with Crippen molar-refractivity contribution in [3.63, 3.8) is 0 Å². The zero-order chi connectivity index (χ0) is 20.5. The summed E-state index contributed by atoms with van der Waals surface area (Å²) in [5.74, 6) is 2.88. The van der Waals surface area contributed by atoms with Gasteiger partial charge in [0.2, 0.25) is 0 Å². The van der Waals surface area contributed by atoms with Crippen molar-refractivity contribution in [2.75, 3.05) is 13.1 Å². The van der Waals surface area contributed by atoms with Gasteiger partial charge in [0, 0.05) is 26.1 Å². The van der Waals surface area contributed by atoms with Crippen molar-refractivity contribution >= 4 is 29.9 Å². The molecule has 0 radical (unpaired) electrons. The van der Waals surface area contributed by atoms with Crippen LogP contribution in [0.25, 0.3) is 0 Å². The summed E-state index contributed by atoms with van der Waals surface area (Å²) < 4.78 is 1.97. The van der Waals surface area contributed by atoms with Crippen LogP contribution in [0, 0.1) is 6.92 Å². The summed E-state index contributed by atoms with van der Waals surface area (Å²) in [6.45, 7) is 6.13. The normalized spacial score (nSPS) is 11.3. The minimum atomic E-state index is 0. The molecule has 7 heteroatoms. The van der Waals surface area contributed by atoms with Gasteiger partial charge in [-0.2, -0.15) is 0 Å². The van der Waals surface area contributed by atoms with E-state index >= 15 is 0 Å². The largest absolute Gasteiger partial charge is 0.357 e. The maximum atomic E-state index is 4.67. The number of guanidine groups is 1. The Morgan fingerprint density at radius 1 is 0.967 bits per heavy atom. The van der Waals surface area contributed by atoms with E-state index in [-0.39, 0.29) is 24.0 Å². The van der Waals surface area contributed by atoms with Gasteiger partial charge < -0.3 is 15.2 Å². The van der Waals surface area contributed by atoms with Crippen LogP contribution in [0.15, 0.2) is 65.7 Å². The molecule has 0 aliphatic heterocycles. The van der Waals surface area contributed by atoms with E-state index in [4.69, 9.17) is 0 Å². The van der Waals surface area contributed by atoms with Gasteiger partial charge in [0.25, 0.3) is 0 Å². The van der Waals surface area contributed by atoms with Crippen molar-refractivity contribution in [3.8, 4) is 0 Å². The Labute approximate surface area is 196 Å². The van der Waals surface area contributed by atoms with Gasteiger partial charge in [-0.25, -0.2) is 4.99 Å². The molecular weight excluding hydrogens is 487 g/mol. The first-order chi connectivity index (χ1) is 14.2. The molecule has 30 heavy (non-hydrogen) atoms. The predicted molar refractivity (Wildman–Crippen MR) is 133 cm³/mol. The summed E-state index contributed by atoms with van der Waals surface area (Å²) in [7, 11) is 1.96. The summed E-state index contributed by atoms with van der Waals surface area (Å²) >= 11 is 0. The van der Waals surface area contributed by atoms with Gasteiger partial charge in [-0.05, 0) is 31.4 Å². The highest BCUT2D eigenvalue weighted by Gasteiger charge is 2.14. The number of nitrogens with one attached hydrogen (secondary N) is 2. The predicted octanol–water partition coefficient (Wildman–Crippen LogP) is 4.02. The van der Waals surface area contributed by atoms with Crippen molar-refractivity contribution in [3.05, 3.63) is 83.4 Å². The number of hydrogen-bond acceptors (Lipinski definition) is 3. The number of nitrogens with zero attached hydrogens (tertiary/aromatic N) is 4. The van der Waals surface area contributed by atoms with Crippen molar-refractivity contribution in [1.29, 1.82) is 0 Å². The van der Waals surface area contributed by atoms with Crippen LogP contribution < -0.4 is 10.6 Å². The lowest BCUT2D eigenvalue weighted by Gasteiger charge is -2.19. The maximum Gasteiger partial charge on any atom is 0.191 e. The fourth-order valence-corrected chi connectivity index (χ4v) is 3.31. The molecule has 160 valence electrons. The monoisotopic (exact) mass is 518 g/mol. The Morgan fingerprint density at radius 3 is 2.07 bits per heavy atom. The average molecular weight is 518 g/mol. The van der Waals surface area contributed by atoms with Crippen LogP contribution in [-0.2, 0) is 13.6 Å². The van der Waals surface area contributed by atoms with Crippen LogP contribution in [0.3, 0.4) is 0 Å². The molecule has 6 nitrogen and oxygen atoms in total. The Hall–Kier alpha value is -2.42. The minimum Gasteiger partial charge on any atom is -0.357 e. The number of rotatable bonds is 8. The molecule has 0 fully saturated rings. The highest BCUT2D eigenvalue weighted by Crippen LogP contribution is 2.27. The van der Waals surface area contributed by atoms with Gasteiger partial charge in [0.05, 0.1) is 0 Å². The van der Waals surface area contributed by atoms with E-state index in [9.17, 15) is 0 Å². The number of hydrogen-bond donors (Lipinski definition) is 2. The zero-order valence-corrected chi connectivity index (χ0v) is 20.2. The zero-order valence-electron chi connectivity index (χ0n) is 17.9. The summed E-state index contributed by atoms with van der Waals surface area (Å²) in [5, 5.41) is 15.1. The van der Waals surface area contributed by atoms with Crippen LogP contribution in [0.4, 0.5) is 0 Å².